The maximum Gasteiger partial charge on any atom is 0.245 e. The normalized spacial score (nSPS) is 17.1. The summed E-state index contributed by atoms with van der Waals surface area (Å²) in [6.45, 7) is 2.82. The molecule has 1 fully saturated rings. The van der Waals surface area contributed by atoms with E-state index in [4.69, 9.17) is 0 Å². The second-order valence-corrected chi connectivity index (χ2v) is 9.59. The van der Waals surface area contributed by atoms with Gasteiger partial charge in [-0.15, -0.1) is 0 Å². The van der Waals surface area contributed by atoms with E-state index in [2.05, 4.69) is 10.3 Å². The van der Waals surface area contributed by atoms with Crippen LogP contribution in [0.4, 0.5) is 11.5 Å². The number of aryl methyl sites for hydroxylation is 2. The largest absolute Gasteiger partial charge is 0.309 e. The number of hydrogen-bond donors (Lipinski definition) is 1. The summed E-state index contributed by atoms with van der Waals surface area (Å²) < 4.78 is 27.2. The molecule has 1 aromatic heterocycles. The molecule has 0 spiro atoms. The fourth-order valence-corrected chi connectivity index (χ4v) is 5.45. The van der Waals surface area contributed by atoms with E-state index in [0.29, 0.717) is 31.0 Å². The van der Waals surface area contributed by atoms with Crippen molar-refractivity contribution in [2.24, 2.45) is 0 Å². The molecule has 2 aliphatic heterocycles. The van der Waals surface area contributed by atoms with E-state index in [1.54, 1.807) is 24.4 Å². The van der Waals surface area contributed by atoms with Gasteiger partial charge in [0.15, 0.2) is 0 Å². The molecule has 9 heteroatoms. The van der Waals surface area contributed by atoms with Crippen LogP contribution in [0.3, 0.4) is 0 Å². The molecule has 1 saturated heterocycles. The Labute approximate surface area is 175 Å². The quantitative estimate of drug-likeness (QED) is 0.786. The molecule has 3 heterocycles. The van der Waals surface area contributed by atoms with Crippen LogP contribution in [-0.4, -0.2) is 49.2 Å². The molecule has 8 nitrogen and oxygen atoms in total. The number of pyridine rings is 1. The minimum absolute atomic E-state index is 0.153. The maximum atomic E-state index is 12.8. The number of nitrogens with one attached hydrogen (secondary N) is 1. The summed E-state index contributed by atoms with van der Waals surface area (Å²) in [5.41, 5.74) is 2.31. The van der Waals surface area contributed by atoms with Crippen molar-refractivity contribution < 1.29 is 18.0 Å². The van der Waals surface area contributed by atoms with Gasteiger partial charge in [-0.05, 0) is 67.6 Å². The van der Waals surface area contributed by atoms with Crippen molar-refractivity contribution in [2.75, 3.05) is 29.9 Å². The summed E-state index contributed by atoms with van der Waals surface area (Å²) in [6, 6.07) is 8.38. The van der Waals surface area contributed by atoms with Gasteiger partial charge in [0, 0.05) is 31.4 Å². The van der Waals surface area contributed by atoms with Gasteiger partial charge in [0.2, 0.25) is 21.8 Å². The van der Waals surface area contributed by atoms with Crippen molar-refractivity contribution in [3.8, 4) is 0 Å². The first-order valence-electron chi connectivity index (χ1n) is 10.0. The number of aromatic nitrogens is 1. The third kappa shape index (κ3) is 4.08. The molecular weight excluding hydrogens is 404 g/mol. The van der Waals surface area contributed by atoms with Crippen LogP contribution in [-0.2, 0) is 26.0 Å². The molecule has 158 valence electrons. The highest BCUT2D eigenvalue weighted by molar-refractivity contribution is 7.89. The van der Waals surface area contributed by atoms with E-state index < -0.39 is 10.0 Å². The second-order valence-electron chi connectivity index (χ2n) is 7.65. The Kier molecular flexibility index (Phi) is 5.57. The molecule has 1 N–H and O–H groups in total. The van der Waals surface area contributed by atoms with E-state index in [1.165, 1.54) is 15.3 Å². The topological polar surface area (TPSA) is 99.7 Å². The number of hydrogen-bond acceptors (Lipinski definition) is 5. The fraction of sp³-hybridized carbons (Fsp3) is 0.381. The highest BCUT2D eigenvalue weighted by Gasteiger charge is 2.31. The molecule has 0 saturated carbocycles. The lowest BCUT2D eigenvalue weighted by Gasteiger charge is -2.29. The van der Waals surface area contributed by atoms with Crippen molar-refractivity contribution >= 4 is 33.3 Å². The molecule has 30 heavy (non-hydrogen) atoms. The van der Waals surface area contributed by atoms with Crippen LogP contribution < -0.4 is 10.2 Å². The van der Waals surface area contributed by atoms with Crippen LogP contribution in [0.25, 0.3) is 0 Å². The van der Waals surface area contributed by atoms with E-state index in [9.17, 15) is 18.0 Å². The first-order valence-corrected chi connectivity index (χ1v) is 11.4. The highest BCUT2D eigenvalue weighted by Crippen LogP contribution is 2.31. The number of rotatable bonds is 5. The number of benzene rings is 1. The smallest absolute Gasteiger partial charge is 0.245 e. The lowest BCUT2D eigenvalue weighted by Crippen LogP contribution is -2.41. The average Bonchev–Trinajstić information content (AvgIpc) is 3.25. The third-order valence-corrected chi connectivity index (χ3v) is 7.33. The molecule has 2 amide bonds. The van der Waals surface area contributed by atoms with Crippen molar-refractivity contribution in [3.05, 3.63) is 47.7 Å². The monoisotopic (exact) mass is 428 g/mol. The molecule has 0 aliphatic carbocycles. The summed E-state index contributed by atoms with van der Waals surface area (Å²) in [7, 11) is -3.53. The summed E-state index contributed by atoms with van der Waals surface area (Å²) in [5, 5.41) is 2.71. The summed E-state index contributed by atoms with van der Waals surface area (Å²) >= 11 is 0. The molecule has 0 radical (unpaired) electrons. The second kappa shape index (κ2) is 8.16. The predicted molar refractivity (Wildman–Crippen MR) is 113 cm³/mol. The molecule has 0 atom stereocenters. The zero-order valence-corrected chi connectivity index (χ0v) is 17.6. The van der Waals surface area contributed by atoms with Gasteiger partial charge in [0.1, 0.15) is 12.4 Å². The number of fused-ring (bicyclic) bond motifs is 1. The van der Waals surface area contributed by atoms with E-state index >= 15 is 0 Å². The van der Waals surface area contributed by atoms with Crippen LogP contribution in [0, 0.1) is 6.92 Å². The van der Waals surface area contributed by atoms with Crippen molar-refractivity contribution in [1.29, 1.82) is 0 Å². The Balaban J connectivity index is 1.55. The van der Waals surface area contributed by atoms with Gasteiger partial charge < -0.3 is 10.2 Å². The molecular formula is C21H24N4O4S. The zero-order valence-electron chi connectivity index (χ0n) is 16.8. The van der Waals surface area contributed by atoms with Gasteiger partial charge in [0.05, 0.1) is 4.90 Å². The molecule has 1 aromatic carbocycles. The van der Waals surface area contributed by atoms with Crippen LogP contribution in [0.1, 0.15) is 30.4 Å². The molecule has 4 rings (SSSR count). The lowest BCUT2D eigenvalue weighted by molar-refractivity contribution is -0.121. The third-order valence-electron chi connectivity index (χ3n) is 5.44. The van der Waals surface area contributed by atoms with Gasteiger partial charge >= 0.3 is 0 Å². The fourth-order valence-electron chi connectivity index (χ4n) is 3.88. The van der Waals surface area contributed by atoms with Crippen LogP contribution in [0.5, 0.6) is 0 Å². The van der Waals surface area contributed by atoms with Crippen LogP contribution in [0.2, 0.25) is 0 Å². The van der Waals surface area contributed by atoms with Gasteiger partial charge in [-0.3, -0.25) is 9.59 Å². The van der Waals surface area contributed by atoms with Gasteiger partial charge in [-0.1, -0.05) is 0 Å². The van der Waals surface area contributed by atoms with E-state index in [0.717, 1.165) is 24.0 Å². The number of nitrogens with zero attached hydrogens (tertiary/aromatic N) is 3. The standard InChI is InChI=1S/C21H24N4O4S/c1-15-8-9-22-19(12-15)23-20(26)14-25-18-6-5-17(13-16(18)4-7-21(25)27)30(28,29)24-10-2-3-11-24/h5-6,8-9,12-13H,2-4,7,10-11,14H2,1H3,(H,22,23,26). The zero-order chi connectivity index (χ0) is 21.3. The first kappa shape index (κ1) is 20.5. The Bertz CT molecular complexity index is 1090. The minimum atomic E-state index is -3.53. The van der Waals surface area contributed by atoms with Crippen molar-refractivity contribution in [2.45, 2.75) is 37.5 Å². The van der Waals surface area contributed by atoms with E-state index in [1.807, 2.05) is 13.0 Å². The molecule has 2 aromatic rings. The Morgan fingerprint density at radius 2 is 1.90 bits per heavy atom. The van der Waals surface area contributed by atoms with Crippen molar-refractivity contribution in [3.63, 3.8) is 0 Å². The lowest BCUT2D eigenvalue weighted by atomic mass is 10.0. The number of sulfonamides is 1. The Morgan fingerprint density at radius 1 is 1.13 bits per heavy atom. The highest BCUT2D eigenvalue weighted by atomic mass is 32.2. The van der Waals surface area contributed by atoms with Crippen LogP contribution in [0.15, 0.2) is 41.4 Å². The van der Waals surface area contributed by atoms with E-state index in [-0.39, 0.29) is 29.7 Å². The van der Waals surface area contributed by atoms with Crippen LogP contribution >= 0.6 is 0 Å². The van der Waals surface area contributed by atoms with Gasteiger partial charge in [-0.2, -0.15) is 4.31 Å². The predicted octanol–water partition coefficient (Wildman–Crippen LogP) is 2.09. The average molecular weight is 429 g/mol. The number of anilines is 2. The molecule has 2 aliphatic rings. The van der Waals surface area contributed by atoms with Gasteiger partial charge in [0.25, 0.3) is 0 Å². The first-order chi connectivity index (χ1) is 14.3. The Hall–Kier alpha value is -2.78. The Morgan fingerprint density at radius 3 is 2.63 bits per heavy atom. The number of carbonyl (C=O) groups is 2. The minimum Gasteiger partial charge on any atom is -0.309 e. The SMILES string of the molecule is Cc1ccnc(NC(=O)CN2C(=O)CCc3cc(S(=O)(=O)N4CCCC4)ccc32)c1. The summed E-state index contributed by atoms with van der Waals surface area (Å²) in [6.07, 6.45) is 4.04. The summed E-state index contributed by atoms with van der Waals surface area (Å²) in [4.78, 5) is 30.8. The van der Waals surface area contributed by atoms with Crippen molar-refractivity contribution in [1.82, 2.24) is 9.29 Å². The summed E-state index contributed by atoms with van der Waals surface area (Å²) in [5.74, 6) is -0.0928. The van der Waals surface area contributed by atoms with Gasteiger partial charge in [-0.25, -0.2) is 13.4 Å². The molecule has 0 unspecified atom stereocenters. The number of carbonyl (C=O) groups excluding carboxylic acids is 2. The maximum absolute atomic E-state index is 12.8. The number of amides is 2. The molecule has 0 bridgehead atoms.